The van der Waals surface area contributed by atoms with Gasteiger partial charge in [0.2, 0.25) is 0 Å². The van der Waals surface area contributed by atoms with Gasteiger partial charge in [0.1, 0.15) is 23.7 Å². The van der Waals surface area contributed by atoms with Crippen LogP contribution in [0.1, 0.15) is 34.6 Å². The van der Waals surface area contributed by atoms with E-state index in [0.29, 0.717) is 11.7 Å². The molecule has 0 radical (unpaired) electrons. The summed E-state index contributed by atoms with van der Waals surface area (Å²) in [5.74, 6) is 0.705. The van der Waals surface area contributed by atoms with Crippen molar-refractivity contribution in [1.29, 1.82) is 0 Å². The first-order valence-corrected chi connectivity index (χ1v) is 12.5. The fraction of sp³-hybridized carbons (Fsp3) is 0.370. The van der Waals surface area contributed by atoms with Crippen LogP contribution in [0.5, 0.6) is 5.75 Å². The summed E-state index contributed by atoms with van der Waals surface area (Å²) in [5.41, 5.74) is 2.38. The molecule has 10 heteroatoms. The van der Waals surface area contributed by atoms with Gasteiger partial charge in [-0.1, -0.05) is 58.0 Å². The van der Waals surface area contributed by atoms with E-state index in [2.05, 4.69) is 36.8 Å². The molecule has 5 rings (SSSR count). The summed E-state index contributed by atoms with van der Waals surface area (Å²) < 4.78 is 44.1. The largest absolute Gasteiger partial charge is 0.573 e. The molecule has 0 amide bonds. The fourth-order valence-electron chi connectivity index (χ4n) is 4.15. The van der Waals surface area contributed by atoms with Crippen molar-refractivity contribution in [1.82, 2.24) is 24.8 Å². The van der Waals surface area contributed by atoms with Crippen molar-refractivity contribution in [3.63, 3.8) is 0 Å². The Morgan fingerprint density at radius 3 is 2.41 bits per heavy atom. The van der Waals surface area contributed by atoms with Crippen molar-refractivity contribution in [2.75, 3.05) is 24.5 Å². The second kappa shape index (κ2) is 12.5. The van der Waals surface area contributed by atoms with Crippen LogP contribution in [0.15, 0.2) is 61.2 Å². The van der Waals surface area contributed by atoms with Gasteiger partial charge in [-0.05, 0) is 18.6 Å². The molecule has 1 unspecified atom stereocenters. The Hall–Kier alpha value is -3.66. The third-order valence-electron chi connectivity index (χ3n) is 5.51. The Balaban J connectivity index is 0.000000907. The Bertz CT molecular complexity index is 1280. The lowest BCUT2D eigenvalue weighted by molar-refractivity contribution is -0.274. The molecular weight excluding hydrogens is 481 g/mol. The van der Waals surface area contributed by atoms with Crippen LogP contribution in [0.4, 0.5) is 19.0 Å². The number of rotatable bonds is 4. The second-order valence-corrected chi connectivity index (χ2v) is 7.87. The number of halogens is 3. The molecule has 7 nitrogen and oxygen atoms in total. The Kier molecular flexibility index (Phi) is 9.46. The quantitative estimate of drug-likeness (QED) is 0.348. The zero-order chi connectivity index (χ0) is 27.0. The maximum absolute atomic E-state index is 12.8. The van der Waals surface area contributed by atoms with E-state index in [4.69, 9.17) is 0 Å². The number of aromatic nitrogens is 4. The summed E-state index contributed by atoms with van der Waals surface area (Å²) in [4.78, 5) is 15.6. The van der Waals surface area contributed by atoms with Crippen LogP contribution in [-0.4, -0.2) is 51.6 Å². The number of fused-ring (bicyclic) bond motifs is 1. The molecule has 4 aromatic rings. The zero-order valence-electron chi connectivity index (χ0n) is 21.8. The van der Waals surface area contributed by atoms with Crippen molar-refractivity contribution < 1.29 is 17.9 Å². The predicted molar refractivity (Wildman–Crippen MR) is 141 cm³/mol. The van der Waals surface area contributed by atoms with E-state index < -0.39 is 6.36 Å². The number of nitrogens with one attached hydrogen (secondary N) is 1. The van der Waals surface area contributed by atoms with E-state index in [1.165, 1.54) is 24.7 Å². The van der Waals surface area contributed by atoms with Gasteiger partial charge < -0.3 is 15.0 Å². The number of nitrogens with zero attached hydrogens (tertiary/aromatic N) is 5. The first kappa shape index (κ1) is 27.9. The van der Waals surface area contributed by atoms with E-state index in [-0.39, 0.29) is 11.6 Å². The summed E-state index contributed by atoms with van der Waals surface area (Å²) in [7, 11) is 0. The highest BCUT2D eigenvalue weighted by molar-refractivity contribution is 6.02. The van der Waals surface area contributed by atoms with Crippen LogP contribution in [0.3, 0.4) is 0 Å². The standard InChI is InChI=1S/C23H21F3N6O.2C2H6/c1-15-12-31(10-9-27-15)21-20-18(16-5-3-2-4-6-16)13-32(22(20)30-14-29-21)19-11-17(7-8-28-19)33-23(24,25)26;2*1-2/h2-8,11,13-15,27H,9-10,12H2,1H3;2*1-2H3. The highest BCUT2D eigenvalue weighted by Crippen LogP contribution is 2.37. The SMILES string of the molecule is CC.CC.CC1CN(c2ncnc3c2c(-c2ccccc2)cn3-c2cc(OC(F)(F)F)ccn2)CCN1. The number of hydrogen-bond acceptors (Lipinski definition) is 6. The summed E-state index contributed by atoms with van der Waals surface area (Å²) in [6.45, 7) is 12.5. The normalized spacial score (nSPS) is 15.4. The summed E-state index contributed by atoms with van der Waals surface area (Å²) >= 11 is 0. The van der Waals surface area contributed by atoms with E-state index >= 15 is 0 Å². The Morgan fingerprint density at radius 1 is 1.00 bits per heavy atom. The van der Waals surface area contributed by atoms with Crippen LogP contribution in [-0.2, 0) is 0 Å². The van der Waals surface area contributed by atoms with E-state index in [9.17, 15) is 13.2 Å². The molecule has 4 heterocycles. The molecule has 1 atom stereocenters. The third kappa shape index (κ3) is 6.56. The molecular formula is C27H33F3N6O. The molecule has 0 aliphatic carbocycles. The van der Waals surface area contributed by atoms with Crippen LogP contribution in [0.2, 0.25) is 0 Å². The molecule has 1 aliphatic heterocycles. The van der Waals surface area contributed by atoms with Gasteiger partial charge in [0.05, 0.1) is 5.39 Å². The number of pyridine rings is 1. The maximum Gasteiger partial charge on any atom is 0.573 e. The average Bonchev–Trinajstić information content (AvgIpc) is 3.31. The molecule has 1 saturated heterocycles. The lowest BCUT2D eigenvalue weighted by Gasteiger charge is -2.33. The van der Waals surface area contributed by atoms with Crippen LogP contribution >= 0.6 is 0 Å². The molecule has 37 heavy (non-hydrogen) atoms. The van der Waals surface area contributed by atoms with E-state index in [1.807, 2.05) is 64.2 Å². The molecule has 1 aromatic carbocycles. The molecule has 198 valence electrons. The topological polar surface area (TPSA) is 68.1 Å². The second-order valence-electron chi connectivity index (χ2n) is 7.87. The van der Waals surface area contributed by atoms with E-state index in [0.717, 1.165) is 42.0 Å². The molecule has 3 aromatic heterocycles. The summed E-state index contributed by atoms with van der Waals surface area (Å²) in [6.07, 6.45) is -0.194. The maximum atomic E-state index is 12.8. The number of alkyl halides is 3. The number of hydrogen-bond donors (Lipinski definition) is 1. The van der Waals surface area contributed by atoms with Crippen LogP contribution < -0.4 is 15.0 Å². The van der Waals surface area contributed by atoms with Gasteiger partial charge in [0.25, 0.3) is 0 Å². The average molecular weight is 515 g/mol. The highest BCUT2D eigenvalue weighted by Gasteiger charge is 2.31. The van der Waals surface area contributed by atoms with Gasteiger partial charge in [-0.25, -0.2) is 15.0 Å². The molecule has 1 aliphatic rings. The van der Waals surface area contributed by atoms with Crippen LogP contribution in [0, 0.1) is 0 Å². The lowest BCUT2D eigenvalue weighted by atomic mass is 10.1. The summed E-state index contributed by atoms with van der Waals surface area (Å²) in [5, 5.41) is 4.25. The van der Waals surface area contributed by atoms with Gasteiger partial charge >= 0.3 is 6.36 Å². The molecule has 0 spiro atoms. The summed E-state index contributed by atoms with van der Waals surface area (Å²) in [6, 6.07) is 12.5. The van der Waals surface area contributed by atoms with Crippen LogP contribution in [0.25, 0.3) is 28.0 Å². The third-order valence-corrected chi connectivity index (χ3v) is 5.51. The zero-order valence-corrected chi connectivity index (χ0v) is 21.8. The minimum Gasteiger partial charge on any atom is -0.406 e. The smallest absolute Gasteiger partial charge is 0.406 e. The number of piperazine rings is 1. The predicted octanol–water partition coefficient (Wildman–Crippen LogP) is 6.23. The van der Waals surface area contributed by atoms with Crippen molar-refractivity contribution in [2.24, 2.45) is 0 Å². The first-order valence-electron chi connectivity index (χ1n) is 12.5. The number of anilines is 1. The van der Waals surface area contributed by atoms with Crippen molar-refractivity contribution in [3.05, 3.63) is 61.2 Å². The highest BCUT2D eigenvalue weighted by atomic mass is 19.4. The number of ether oxygens (including phenoxy) is 1. The number of benzene rings is 1. The lowest BCUT2D eigenvalue weighted by Crippen LogP contribution is -2.49. The molecule has 0 bridgehead atoms. The molecule has 1 fully saturated rings. The molecule has 0 saturated carbocycles. The minimum absolute atomic E-state index is 0.266. The fourth-order valence-corrected chi connectivity index (χ4v) is 4.15. The Labute approximate surface area is 215 Å². The van der Waals surface area contributed by atoms with Gasteiger partial charge in [-0.15, -0.1) is 13.2 Å². The minimum atomic E-state index is -4.79. The van der Waals surface area contributed by atoms with Gasteiger partial charge in [-0.3, -0.25) is 4.57 Å². The van der Waals surface area contributed by atoms with Crippen molar-refractivity contribution in [2.45, 2.75) is 47.0 Å². The van der Waals surface area contributed by atoms with Gasteiger partial charge in [0, 0.05) is 49.7 Å². The Morgan fingerprint density at radius 2 is 1.73 bits per heavy atom. The first-order chi connectivity index (χ1) is 17.9. The monoisotopic (exact) mass is 514 g/mol. The molecule has 1 N–H and O–H groups in total. The van der Waals surface area contributed by atoms with Crippen molar-refractivity contribution >= 4 is 16.9 Å². The van der Waals surface area contributed by atoms with Crippen molar-refractivity contribution in [3.8, 4) is 22.7 Å². The van der Waals surface area contributed by atoms with Gasteiger partial charge in [0.15, 0.2) is 5.65 Å². The van der Waals surface area contributed by atoms with Gasteiger partial charge in [-0.2, -0.15) is 0 Å². The van der Waals surface area contributed by atoms with E-state index in [1.54, 1.807) is 4.57 Å².